The van der Waals surface area contributed by atoms with Crippen molar-refractivity contribution in [1.29, 1.82) is 0 Å². The molecule has 1 aliphatic carbocycles. The molecule has 0 bridgehead atoms. The van der Waals surface area contributed by atoms with Crippen molar-refractivity contribution >= 4 is 22.6 Å². The smallest absolute Gasteiger partial charge is 0.136 e. The van der Waals surface area contributed by atoms with Crippen LogP contribution < -0.4 is 9.47 Å². The fourth-order valence-electron chi connectivity index (χ4n) is 1.07. The molecule has 0 amide bonds. The zero-order valence-electron chi connectivity index (χ0n) is 7.42. The monoisotopic (exact) mass is 290 g/mol. The fraction of sp³-hybridized carbons (Fsp3) is 0.400. The standard InChI is InChI=1S/C10H11IO2/c1-12-8-4-5-9(11)10(6-8)13-7-2-3-7/h4-7H,2-3H2,1H3. The van der Waals surface area contributed by atoms with Crippen molar-refractivity contribution in [3.63, 3.8) is 0 Å². The molecular weight excluding hydrogens is 279 g/mol. The molecule has 0 saturated heterocycles. The predicted octanol–water partition coefficient (Wildman–Crippen LogP) is 2.84. The van der Waals surface area contributed by atoms with Crippen molar-refractivity contribution in [2.45, 2.75) is 18.9 Å². The number of rotatable bonds is 3. The van der Waals surface area contributed by atoms with Crippen LogP contribution in [0.2, 0.25) is 0 Å². The van der Waals surface area contributed by atoms with Crippen molar-refractivity contribution in [2.24, 2.45) is 0 Å². The van der Waals surface area contributed by atoms with E-state index in [1.807, 2.05) is 18.2 Å². The summed E-state index contributed by atoms with van der Waals surface area (Å²) in [6.45, 7) is 0. The van der Waals surface area contributed by atoms with E-state index in [-0.39, 0.29) is 0 Å². The van der Waals surface area contributed by atoms with Crippen LogP contribution in [0.4, 0.5) is 0 Å². The minimum atomic E-state index is 0.445. The van der Waals surface area contributed by atoms with Gasteiger partial charge in [-0.3, -0.25) is 0 Å². The molecule has 1 fully saturated rings. The molecule has 0 aromatic heterocycles. The van der Waals surface area contributed by atoms with Crippen molar-refractivity contribution in [1.82, 2.24) is 0 Å². The highest BCUT2D eigenvalue weighted by atomic mass is 127. The zero-order chi connectivity index (χ0) is 9.26. The lowest BCUT2D eigenvalue weighted by Gasteiger charge is -2.08. The molecular formula is C10H11IO2. The lowest BCUT2D eigenvalue weighted by molar-refractivity contribution is 0.298. The summed E-state index contributed by atoms with van der Waals surface area (Å²) < 4.78 is 12.0. The first-order chi connectivity index (χ1) is 6.29. The lowest BCUT2D eigenvalue weighted by atomic mass is 10.3. The minimum absolute atomic E-state index is 0.445. The van der Waals surface area contributed by atoms with Crippen LogP contribution in [0.15, 0.2) is 18.2 Å². The molecule has 0 aliphatic heterocycles. The predicted molar refractivity (Wildman–Crippen MR) is 59.4 cm³/mol. The third-order valence-electron chi connectivity index (χ3n) is 1.96. The topological polar surface area (TPSA) is 18.5 Å². The van der Waals surface area contributed by atoms with E-state index >= 15 is 0 Å². The van der Waals surface area contributed by atoms with Crippen molar-refractivity contribution in [3.8, 4) is 11.5 Å². The molecule has 0 atom stereocenters. The Morgan fingerprint density at radius 1 is 1.38 bits per heavy atom. The van der Waals surface area contributed by atoms with E-state index in [4.69, 9.17) is 9.47 Å². The Morgan fingerprint density at radius 2 is 2.15 bits per heavy atom. The molecule has 1 aromatic rings. The van der Waals surface area contributed by atoms with Crippen molar-refractivity contribution < 1.29 is 9.47 Å². The third kappa shape index (κ3) is 2.27. The van der Waals surface area contributed by atoms with Crippen molar-refractivity contribution in [3.05, 3.63) is 21.8 Å². The van der Waals surface area contributed by atoms with E-state index < -0.39 is 0 Å². The van der Waals surface area contributed by atoms with Gasteiger partial charge in [-0.05, 0) is 47.6 Å². The van der Waals surface area contributed by atoms with Crippen LogP contribution in [-0.2, 0) is 0 Å². The van der Waals surface area contributed by atoms with Gasteiger partial charge in [0.25, 0.3) is 0 Å². The van der Waals surface area contributed by atoms with E-state index in [0.717, 1.165) is 15.1 Å². The Morgan fingerprint density at radius 3 is 2.77 bits per heavy atom. The number of ether oxygens (including phenoxy) is 2. The van der Waals surface area contributed by atoms with Gasteiger partial charge in [0.05, 0.1) is 16.8 Å². The Labute approximate surface area is 91.4 Å². The second kappa shape index (κ2) is 3.74. The maximum Gasteiger partial charge on any atom is 0.136 e. The molecule has 1 aromatic carbocycles. The average Bonchev–Trinajstić information content (AvgIpc) is 2.93. The van der Waals surface area contributed by atoms with Crippen LogP contribution in [0.3, 0.4) is 0 Å². The van der Waals surface area contributed by atoms with Crippen molar-refractivity contribution in [2.75, 3.05) is 7.11 Å². The van der Waals surface area contributed by atoms with Gasteiger partial charge >= 0.3 is 0 Å². The summed E-state index contributed by atoms with van der Waals surface area (Å²) >= 11 is 2.27. The van der Waals surface area contributed by atoms with Crippen LogP contribution >= 0.6 is 22.6 Å². The van der Waals surface area contributed by atoms with Crippen LogP contribution in [0.1, 0.15) is 12.8 Å². The van der Waals surface area contributed by atoms with Gasteiger partial charge in [-0.2, -0.15) is 0 Å². The molecule has 1 aliphatic rings. The Balaban J connectivity index is 2.19. The molecule has 0 N–H and O–H groups in total. The maximum atomic E-state index is 5.71. The summed E-state index contributed by atoms with van der Waals surface area (Å²) in [7, 11) is 1.67. The summed E-state index contributed by atoms with van der Waals surface area (Å²) in [5, 5.41) is 0. The molecule has 2 rings (SSSR count). The van der Waals surface area contributed by atoms with Gasteiger partial charge in [0.1, 0.15) is 11.5 Å². The third-order valence-corrected chi connectivity index (χ3v) is 2.85. The molecule has 1 saturated carbocycles. The highest BCUT2D eigenvalue weighted by molar-refractivity contribution is 14.1. The SMILES string of the molecule is COc1ccc(I)c(OC2CC2)c1. The van der Waals surface area contributed by atoms with E-state index in [1.165, 1.54) is 12.8 Å². The maximum absolute atomic E-state index is 5.71. The molecule has 2 nitrogen and oxygen atoms in total. The molecule has 0 spiro atoms. The van der Waals surface area contributed by atoms with Crippen LogP contribution in [0.25, 0.3) is 0 Å². The quantitative estimate of drug-likeness (QED) is 0.797. The average molecular weight is 290 g/mol. The highest BCUT2D eigenvalue weighted by Gasteiger charge is 2.24. The molecule has 70 valence electrons. The Hall–Kier alpha value is -0.450. The van der Waals surface area contributed by atoms with E-state index in [9.17, 15) is 0 Å². The second-order valence-corrected chi connectivity index (χ2v) is 4.28. The Bertz CT molecular complexity index is 308. The van der Waals surface area contributed by atoms with Gasteiger partial charge < -0.3 is 9.47 Å². The molecule has 0 unspecified atom stereocenters. The van der Waals surface area contributed by atoms with Crippen LogP contribution in [0.5, 0.6) is 11.5 Å². The number of hydrogen-bond donors (Lipinski definition) is 0. The second-order valence-electron chi connectivity index (χ2n) is 3.11. The highest BCUT2D eigenvalue weighted by Crippen LogP contribution is 2.32. The lowest BCUT2D eigenvalue weighted by Crippen LogP contribution is -1.98. The fourth-order valence-corrected chi connectivity index (χ4v) is 1.53. The summed E-state index contributed by atoms with van der Waals surface area (Å²) in [6, 6.07) is 5.90. The molecule has 0 heterocycles. The van der Waals surface area contributed by atoms with Gasteiger partial charge in [-0.15, -0.1) is 0 Å². The number of hydrogen-bond acceptors (Lipinski definition) is 2. The van der Waals surface area contributed by atoms with E-state index in [0.29, 0.717) is 6.10 Å². The van der Waals surface area contributed by atoms with E-state index in [1.54, 1.807) is 7.11 Å². The Kier molecular flexibility index (Phi) is 2.62. The van der Waals surface area contributed by atoms with Gasteiger partial charge in [0.15, 0.2) is 0 Å². The first-order valence-electron chi connectivity index (χ1n) is 4.30. The normalized spacial score (nSPS) is 15.5. The summed E-state index contributed by atoms with van der Waals surface area (Å²) in [5.74, 6) is 1.80. The van der Waals surface area contributed by atoms with Gasteiger partial charge in [-0.1, -0.05) is 0 Å². The molecule has 3 heteroatoms. The van der Waals surface area contributed by atoms with E-state index in [2.05, 4.69) is 22.6 Å². The summed E-state index contributed by atoms with van der Waals surface area (Å²) in [4.78, 5) is 0. The largest absolute Gasteiger partial charge is 0.497 e. The van der Waals surface area contributed by atoms with Crippen LogP contribution in [0, 0.1) is 3.57 Å². The zero-order valence-corrected chi connectivity index (χ0v) is 9.58. The first-order valence-corrected chi connectivity index (χ1v) is 5.37. The van der Waals surface area contributed by atoms with Gasteiger partial charge in [0, 0.05) is 6.07 Å². The van der Waals surface area contributed by atoms with Gasteiger partial charge in [0.2, 0.25) is 0 Å². The minimum Gasteiger partial charge on any atom is -0.497 e. The summed E-state index contributed by atoms with van der Waals surface area (Å²) in [5.41, 5.74) is 0. The summed E-state index contributed by atoms with van der Waals surface area (Å²) in [6.07, 6.45) is 2.82. The van der Waals surface area contributed by atoms with Gasteiger partial charge in [-0.25, -0.2) is 0 Å². The molecule has 13 heavy (non-hydrogen) atoms. The number of methoxy groups -OCH3 is 1. The molecule has 0 radical (unpaired) electrons. The van der Waals surface area contributed by atoms with Crippen LogP contribution in [-0.4, -0.2) is 13.2 Å². The number of benzene rings is 1. The first kappa shape index (κ1) is 9.12. The number of halogens is 1.